The molecule has 0 spiro atoms. The summed E-state index contributed by atoms with van der Waals surface area (Å²) < 4.78 is 38.5. The first-order chi connectivity index (χ1) is 9.27. The van der Waals surface area contributed by atoms with Crippen LogP contribution in [0.4, 0.5) is 30.2 Å². The van der Waals surface area contributed by atoms with Gasteiger partial charge in [-0.25, -0.2) is 0 Å². The molecule has 0 radical (unpaired) electrons. The molecular weight excluding hydrogens is 333 g/mol. The van der Waals surface area contributed by atoms with Crippen LogP contribution in [0.3, 0.4) is 0 Å². The molecule has 0 aromatic heterocycles. The lowest BCUT2D eigenvalue weighted by molar-refractivity contribution is -0.137. The van der Waals surface area contributed by atoms with Crippen molar-refractivity contribution < 1.29 is 13.2 Å². The number of benzene rings is 2. The molecule has 2 aromatic rings. The maximum Gasteiger partial charge on any atom is 0.416 e. The SMILES string of the molecule is Cc1ccc(Br)c(Nc2ccc(C(F)(F)F)cc2N)c1. The van der Waals surface area contributed by atoms with E-state index in [1.54, 1.807) is 0 Å². The van der Waals surface area contributed by atoms with Crippen LogP contribution in [0.15, 0.2) is 40.9 Å². The number of hydrogen-bond acceptors (Lipinski definition) is 2. The second-order valence-corrected chi connectivity index (χ2v) is 5.26. The molecule has 0 amide bonds. The summed E-state index contributed by atoms with van der Waals surface area (Å²) in [5.74, 6) is 0. The predicted octanol–water partition coefficient (Wildman–Crippen LogP) is 5.10. The standard InChI is InChI=1S/C14H12BrF3N2/c1-8-2-4-10(15)13(6-8)20-12-5-3-9(7-11(12)19)14(16,17)18/h2-7,20H,19H2,1H3. The van der Waals surface area contributed by atoms with Gasteiger partial charge in [-0.2, -0.15) is 13.2 Å². The monoisotopic (exact) mass is 344 g/mol. The zero-order valence-electron chi connectivity index (χ0n) is 10.6. The summed E-state index contributed by atoms with van der Waals surface area (Å²) in [5.41, 5.74) is 7.18. The molecule has 2 rings (SSSR count). The summed E-state index contributed by atoms with van der Waals surface area (Å²) in [6.45, 7) is 1.92. The van der Waals surface area contributed by atoms with Gasteiger partial charge in [0.2, 0.25) is 0 Å². The summed E-state index contributed by atoms with van der Waals surface area (Å²) in [4.78, 5) is 0. The molecule has 2 nitrogen and oxygen atoms in total. The van der Waals surface area contributed by atoms with Crippen LogP contribution in [0.5, 0.6) is 0 Å². The van der Waals surface area contributed by atoms with Crippen LogP contribution in [-0.4, -0.2) is 0 Å². The Kier molecular flexibility index (Phi) is 3.94. The zero-order chi connectivity index (χ0) is 14.9. The average molecular weight is 345 g/mol. The number of anilines is 3. The van der Waals surface area contributed by atoms with Gasteiger partial charge in [0.05, 0.1) is 22.6 Å². The second-order valence-electron chi connectivity index (χ2n) is 4.41. The normalized spacial score (nSPS) is 11.4. The number of hydrogen-bond donors (Lipinski definition) is 2. The Morgan fingerprint density at radius 2 is 1.75 bits per heavy atom. The first kappa shape index (κ1) is 14.7. The molecule has 2 aromatic carbocycles. The van der Waals surface area contributed by atoms with Crippen molar-refractivity contribution in [3.8, 4) is 0 Å². The van der Waals surface area contributed by atoms with Crippen LogP contribution in [0.1, 0.15) is 11.1 Å². The third-order valence-corrected chi connectivity index (χ3v) is 3.46. The first-order valence-corrected chi connectivity index (χ1v) is 6.56. The molecule has 6 heteroatoms. The highest BCUT2D eigenvalue weighted by Crippen LogP contribution is 2.35. The Hall–Kier alpha value is -1.69. The number of aryl methyl sites for hydroxylation is 1. The van der Waals surface area contributed by atoms with E-state index in [9.17, 15) is 13.2 Å². The van der Waals surface area contributed by atoms with Gasteiger partial charge in [0.1, 0.15) is 0 Å². The molecule has 0 aliphatic carbocycles. The van der Waals surface area contributed by atoms with Gasteiger partial charge in [0, 0.05) is 4.47 Å². The van der Waals surface area contributed by atoms with Gasteiger partial charge in [0.15, 0.2) is 0 Å². The Balaban J connectivity index is 2.33. The fraction of sp³-hybridized carbons (Fsp3) is 0.143. The van der Waals surface area contributed by atoms with Crippen LogP contribution in [0.25, 0.3) is 0 Å². The molecule has 0 fully saturated rings. The molecule has 0 saturated carbocycles. The molecule has 3 N–H and O–H groups in total. The molecule has 106 valence electrons. The lowest BCUT2D eigenvalue weighted by Crippen LogP contribution is -2.06. The van der Waals surface area contributed by atoms with Gasteiger partial charge in [-0.15, -0.1) is 0 Å². The third kappa shape index (κ3) is 3.25. The topological polar surface area (TPSA) is 38.0 Å². The lowest BCUT2D eigenvalue weighted by Gasteiger charge is -2.14. The first-order valence-electron chi connectivity index (χ1n) is 5.77. The van der Waals surface area contributed by atoms with Crippen molar-refractivity contribution in [2.75, 3.05) is 11.1 Å². The minimum Gasteiger partial charge on any atom is -0.397 e. The van der Waals surface area contributed by atoms with Crippen LogP contribution in [0.2, 0.25) is 0 Å². The predicted molar refractivity (Wildman–Crippen MR) is 78.0 cm³/mol. The van der Waals surface area contributed by atoms with Crippen molar-refractivity contribution in [1.29, 1.82) is 0 Å². The molecule has 0 saturated heterocycles. The summed E-state index contributed by atoms with van der Waals surface area (Å²) in [6, 6.07) is 8.91. The Morgan fingerprint density at radius 1 is 1.05 bits per heavy atom. The Bertz CT molecular complexity index is 639. The van der Waals surface area contributed by atoms with Crippen LogP contribution in [-0.2, 0) is 6.18 Å². The van der Waals surface area contributed by atoms with Crippen molar-refractivity contribution in [3.05, 3.63) is 52.0 Å². The number of halogens is 4. The van der Waals surface area contributed by atoms with E-state index in [0.29, 0.717) is 5.69 Å². The Morgan fingerprint density at radius 3 is 2.35 bits per heavy atom. The van der Waals surface area contributed by atoms with Crippen LogP contribution >= 0.6 is 15.9 Å². The van der Waals surface area contributed by atoms with Crippen LogP contribution < -0.4 is 11.1 Å². The van der Waals surface area contributed by atoms with E-state index in [0.717, 1.165) is 27.9 Å². The number of nitrogen functional groups attached to an aromatic ring is 1. The third-order valence-electron chi connectivity index (χ3n) is 2.77. The van der Waals surface area contributed by atoms with E-state index in [4.69, 9.17) is 5.73 Å². The van der Waals surface area contributed by atoms with Gasteiger partial charge in [-0.1, -0.05) is 6.07 Å². The van der Waals surface area contributed by atoms with Crippen molar-refractivity contribution in [2.24, 2.45) is 0 Å². The van der Waals surface area contributed by atoms with Crippen molar-refractivity contribution in [2.45, 2.75) is 13.1 Å². The smallest absolute Gasteiger partial charge is 0.397 e. The Labute approximate surface area is 122 Å². The number of nitrogens with one attached hydrogen (secondary N) is 1. The fourth-order valence-electron chi connectivity index (χ4n) is 1.73. The van der Waals surface area contributed by atoms with Gasteiger partial charge >= 0.3 is 6.18 Å². The van der Waals surface area contributed by atoms with Crippen molar-refractivity contribution in [3.63, 3.8) is 0 Å². The zero-order valence-corrected chi connectivity index (χ0v) is 12.1. The molecule has 0 aliphatic rings. The summed E-state index contributed by atoms with van der Waals surface area (Å²) in [7, 11) is 0. The molecule has 0 unspecified atom stereocenters. The van der Waals surface area contributed by atoms with E-state index in [1.165, 1.54) is 6.07 Å². The van der Waals surface area contributed by atoms with Gasteiger partial charge in [-0.3, -0.25) is 0 Å². The molecule has 0 aliphatic heterocycles. The minimum absolute atomic E-state index is 0.0493. The van der Waals surface area contributed by atoms with Crippen molar-refractivity contribution >= 4 is 33.0 Å². The minimum atomic E-state index is -4.39. The van der Waals surface area contributed by atoms with Crippen LogP contribution in [0, 0.1) is 6.92 Å². The second kappa shape index (κ2) is 5.36. The summed E-state index contributed by atoms with van der Waals surface area (Å²) in [5, 5.41) is 3.02. The molecule has 20 heavy (non-hydrogen) atoms. The van der Waals surface area contributed by atoms with Gasteiger partial charge in [0.25, 0.3) is 0 Å². The summed E-state index contributed by atoms with van der Waals surface area (Å²) in [6.07, 6.45) is -4.39. The molecule has 0 heterocycles. The van der Waals surface area contributed by atoms with Gasteiger partial charge < -0.3 is 11.1 Å². The van der Waals surface area contributed by atoms with E-state index < -0.39 is 11.7 Å². The fourth-order valence-corrected chi connectivity index (χ4v) is 2.08. The average Bonchev–Trinajstić information content (AvgIpc) is 2.35. The largest absolute Gasteiger partial charge is 0.416 e. The lowest BCUT2D eigenvalue weighted by atomic mass is 10.1. The van der Waals surface area contributed by atoms with E-state index in [2.05, 4.69) is 21.2 Å². The van der Waals surface area contributed by atoms with E-state index in [1.807, 2.05) is 25.1 Å². The molecular formula is C14H12BrF3N2. The highest BCUT2D eigenvalue weighted by Gasteiger charge is 2.30. The summed E-state index contributed by atoms with van der Waals surface area (Å²) >= 11 is 3.38. The number of alkyl halides is 3. The van der Waals surface area contributed by atoms with E-state index in [-0.39, 0.29) is 5.69 Å². The molecule has 0 bridgehead atoms. The molecule has 0 atom stereocenters. The maximum absolute atomic E-state index is 12.6. The highest BCUT2D eigenvalue weighted by atomic mass is 79.9. The van der Waals surface area contributed by atoms with Gasteiger partial charge in [-0.05, 0) is 58.7 Å². The highest BCUT2D eigenvalue weighted by molar-refractivity contribution is 9.10. The quantitative estimate of drug-likeness (QED) is 0.743. The maximum atomic E-state index is 12.6. The van der Waals surface area contributed by atoms with E-state index >= 15 is 0 Å². The number of rotatable bonds is 2. The van der Waals surface area contributed by atoms with Crippen molar-refractivity contribution in [1.82, 2.24) is 0 Å². The number of nitrogens with two attached hydrogens (primary N) is 1.